The number of nitrogens with one attached hydrogen (secondary N) is 1. The van der Waals surface area contributed by atoms with E-state index in [1.54, 1.807) is 0 Å². The van der Waals surface area contributed by atoms with E-state index in [1.807, 2.05) is 6.92 Å². The van der Waals surface area contributed by atoms with Crippen LogP contribution in [0, 0.1) is 0 Å². The van der Waals surface area contributed by atoms with Crippen molar-refractivity contribution in [2.24, 2.45) is 0 Å². The fourth-order valence-electron chi connectivity index (χ4n) is 2.89. The first-order valence-corrected chi connectivity index (χ1v) is 7.82. The minimum Gasteiger partial charge on any atom is -0.388 e. The standard InChI is InChI=1S/C17H28N2O/c1-4-11-18-14(2)15-6-8-16(9-7-15)19-12-5-10-17(3,20)13-19/h6-9,14,18,20H,4-5,10-13H2,1-3H3. The third-order valence-corrected chi connectivity index (χ3v) is 4.13. The van der Waals surface area contributed by atoms with Crippen molar-refractivity contribution < 1.29 is 5.11 Å². The van der Waals surface area contributed by atoms with Gasteiger partial charge in [0.25, 0.3) is 0 Å². The molecule has 3 heteroatoms. The van der Waals surface area contributed by atoms with E-state index < -0.39 is 5.60 Å². The monoisotopic (exact) mass is 276 g/mol. The molecule has 1 saturated heterocycles. The van der Waals surface area contributed by atoms with Gasteiger partial charge in [0.05, 0.1) is 5.60 Å². The first kappa shape index (κ1) is 15.3. The van der Waals surface area contributed by atoms with Crippen LogP contribution in [0.1, 0.15) is 51.6 Å². The lowest BCUT2D eigenvalue weighted by Gasteiger charge is -2.38. The third kappa shape index (κ3) is 3.97. The molecule has 2 unspecified atom stereocenters. The fourth-order valence-corrected chi connectivity index (χ4v) is 2.89. The molecule has 1 aliphatic rings. The number of nitrogens with zero attached hydrogens (tertiary/aromatic N) is 1. The van der Waals surface area contributed by atoms with Crippen LogP contribution in [-0.4, -0.2) is 30.3 Å². The summed E-state index contributed by atoms with van der Waals surface area (Å²) in [4.78, 5) is 2.29. The lowest BCUT2D eigenvalue weighted by atomic mass is 9.94. The second-order valence-corrected chi connectivity index (χ2v) is 6.29. The molecule has 1 heterocycles. The Labute approximate surface area is 123 Å². The smallest absolute Gasteiger partial charge is 0.0794 e. The van der Waals surface area contributed by atoms with E-state index in [9.17, 15) is 5.11 Å². The molecular formula is C17H28N2O. The molecule has 1 aliphatic heterocycles. The van der Waals surface area contributed by atoms with E-state index in [0.717, 1.165) is 38.9 Å². The number of piperidine rings is 1. The molecule has 1 aromatic rings. The molecule has 1 aromatic carbocycles. The highest BCUT2D eigenvalue weighted by Crippen LogP contribution is 2.26. The van der Waals surface area contributed by atoms with Crippen molar-refractivity contribution in [3.05, 3.63) is 29.8 Å². The van der Waals surface area contributed by atoms with E-state index in [2.05, 4.69) is 48.3 Å². The fraction of sp³-hybridized carbons (Fsp3) is 0.647. The van der Waals surface area contributed by atoms with E-state index >= 15 is 0 Å². The molecular weight excluding hydrogens is 248 g/mol. The topological polar surface area (TPSA) is 35.5 Å². The van der Waals surface area contributed by atoms with Crippen molar-refractivity contribution in [2.75, 3.05) is 24.5 Å². The number of aliphatic hydroxyl groups is 1. The predicted molar refractivity (Wildman–Crippen MR) is 85.2 cm³/mol. The second-order valence-electron chi connectivity index (χ2n) is 6.29. The van der Waals surface area contributed by atoms with Crippen LogP contribution in [0.15, 0.2) is 24.3 Å². The normalized spacial score (nSPS) is 24.7. The Morgan fingerprint density at radius 3 is 2.65 bits per heavy atom. The highest BCUT2D eigenvalue weighted by atomic mass is 16.3. The van der Waals surface area contributed by atoms with Crippen LogP contribution in [0.25, 0.3) is 0 Å². The van der Waals surface area contributed by atoms with E-state index in [0.29, 0.717) is 6.04 Å². The molecule has 0 saturated carbocycles. The lowest BCUT2D eigenvalue weighted by molar-refractivity contribution is 0.0449. The quantitative estimate of drug-likeness (QED) is 0.867. The van der Waals surface area contributed by atoms with Crippen molar-refractivity contribution in [1.82, 2.24) is 5.32 Å². The van der Waals surface area contributed by atoms with Crippen LogP contribution in [-0.2, 0) is 0 Å². The second kappa shape index (κ2) is 6.59. The largest absolute Gasteiger partial charge is 0.388 e. The van der Waals surface area contributed by atoms with E-state index in [-0.39, 0.29) is 0 Å². The number of rotatable bonds is 5. The molecule has 2 atom stereocenters. The third-order valence-electron chi connectivity index (χ3n) is 4.13. The van der Waals surface area contributed by atoms with Crippen molar-refractivity contribution in [1.29, 1.82) is 0 Å². The molecule has 0 amide bonds. The number of anilines is 1. The van der Waals surface area contributed by atoms with Gasteiger partial charge in [0.2, 0.25) is 0 Å². The molecule has 2 N–H and O–H groups in total. The Hall–Kier alpha value is -1.06. The summed E-state index contributed by atoms with van der Waals surface area (Å²) in [5, 5.41) is 13.7. The number of benzene rings is 1. The lowest BCUT2D eigenvalue weighted by Crippen LogP contribution is -2.46. The summed E-state index contributed by atoms with van der Waals surface area (Å²) in [6, 6.07) is 9.16. The van der Waals surface area contributed by atoms with Crippen LogP contribution >= 0.6 is 0 Å². The molecule has 2 rings (SSSR count). The zero-order valence-corrected chi connectivity index (χ0v) is 13.0. The number of hydrogen-bond acceptors (Lipinski definition) is 3. The molecule has 0 spiro atoms. The van der Waals surface area contributed by atoms with Crippen LogP contribution < -0.4 is 10.2 Å². The Balaban J connectivity index is 2.00. The SMILES string of the molecule is CCCNC(C)c1ccc(N2CCCC(C)(O)C2)cc1. The zero-order valence-electron chi connectivity index (χ0n) is 13.0. The molecule has 0 aromatic heterocycles. The van der Waals surface area contributed by atoms with Gasteiger partial charge in [-0.3, -0.25) is 0 Å². The molecule has 0 radical (unpaired) electrons. The van der Waals surface area contributed by atoms with E-state index in [4.69, 9.17) is 0 Å². The summed E-state index contributed by atoms with van der Waals surface area (Å²) < 4.78 is 0. The summed E-state index contributed by atoms with van der Waals surface area (Å²) in [6.07, 6.45) is 3.12. The van der Waals surface area contributed by atoms with Crippen molar-refractivity contribution in [2.45, 2.75) is 51.7 Å². The Bertz CT molecular complexity index is 414. The first-order chi connectivity index (χ1) is 9.52. The minimum absolute atomic E-state index is 0.397. The summed E-state index contributed by atoms with van der Waals surface area (Å²) in [5.41, 5.74) is 2.00. The molecule has 0 aliphatic carbocycles. The van der Waals surface area contributed by atoms with Crippen LogP contribution in [0.5, 0.6) is 0 Å². The summed E-state index contributed by atoms with van der Waals surface area (Å²) in [7, 11) is 0. The maximum Gasteiger partial charge on any atom is 0.0794 e. The van der Waals surface area contributed by atoms with Gasteiger partial charge in [0, 0.05) is 24.8 Å². The zero-order chi connectivity index (χ0) is 14.6. The summed E-state index contributed by atoms with van der Waals surface area (Å²) >= 11 is 0. The Kier molecular flexibility index (Phi) is 5.06. The van der Waals surface area contributed by atoms with Gasteiger partial charge in [-0.2, -0.15) is 0 Å². The van der Waals surface area contributed by atoms with E-state index in [1.165, 1.54) is 11.3 Å². The van der Waals surface area contributed by atoms with Gasteiger partial charge in [0.1, 0.15) is 0 Å². The minimum atomic E-state index is -0.549. The average molecular weight is 276 g/mol. The highest BCUT2D eigenvalue weighted by Gasteiger charge is 2.28. The van der Waals surface area contributed by atoms with Gasteiger partial charge in [-0.1, -0.05) is 19.1 Å². The molecule has 1 fully saturated rings. The Morgan fingerprint density at radius 1 is 1.35 bits per heavy atom. The van der Waals surface area contributed by atoms with Crippen LogP contribution in [0.4, 0.5) is 5.69 Å². The van der Waals surface area contributed by atoms with Gasteiger partial charge in [-0.25, -0.2) is 0 Å². The van der Waals surface area contributed by atoms with Crippen molar-refractivity contribution in [3.63, 3.8) is 0 Å². The predicted octanol–water partition coefficient (Wildman–Crippen LogP) is 3.10. The average Bonchev–Trinajstić information content (AvgIpc) is 2.44. The van der Waals surface area contributed by atoms with Gasteiger partial charge in [-0.05, 0) is 57.4 Å². The van der Waals surface area contributed by atoms with Gasteiger partial charge in [0.15, 0.2) is 0 Å². The van der Waals surface area contributed by atoms with Crippen molar-refractivity contribution >= 4 is 5.69 Å². The molecule has 20 heavy (non-hydrogen) atoms. The summed E-state index contributed by atoms with van der Waals surface area (Å²) in [6.45, 7) is 9.15. The van der Waals surface area contributed by atoms with Gasteiger partial charge >= 0.3 is 0 Å². The molecule has 112 valence electrons. The summed E-state index contributed by atoms with van der Waals surface area (Å²) in [5.74, 6) is 0. The van der Waals surface area contributed by atoms with Crippen LogP contribution in [0.3, 0.4) is 0 Å². The van der Waals surface area contributed by atoms with Crippen molar-refractivity contribution in [3.8, 4) is 0 Å². The highest BCUT2D eigenvalue weighted by molar-refractivity contribution is 5.48. The van der Waals surface area contributed by atoms with Gasteiger partial charge < -0.3 is 15.3 Å². The molecule has 3 nitrogen and oxygen atoms in total. The number of β-amino-alcohol motifs (C(OH)–C–C–N with tert-alkyl or cyclic N) is 1. The number of hydrogen-bond donors (Lipinski definition) is 2. The first-order valence-electron chi connectivity index (χ1n) is 7.82. The Morgan fingerprint density at radius 2 is 2.05 bits per heavy atom. The maximum absolute atomic E-state index is 10.2. The van der Waals surface area contributed by atoms with Crippen LogP contribution in [0.2, 0.25) is 0 Å². The van der Waals surface area contributed by atoms with Gasteiger partial charge in [-0.15, -0.1) is 0 Å². The molecule has 0 bridgehead atoms. The maximum atomic E-state index is 10.2.